The third-order valence-corrected chi connectivity index (χ3v) is 5.40. The molecular formula is C20H26N4OS. The van der Waals surface area contributed by atoms with Crippen molar-refractivity contribution in [2.24, 2.45) is 0 Å². The first-order valence-electron chi connectivity index (χ1n) is 9.25. The van der Waals surface area contributed by atoms with Gasteiger partial charge >= 0.3 is 0 Å². The topological polar surface area (TPSA) is 58.1 Å². The van der Waals surface area contributed by atoms with Crippen molar-refractivity contribution in [3.05, 3.63) is 54.4 Å². The quantitative estimate of drug-likeness (QED) is 0.572. The average Bonchev–Trinajstić information content (AvgIpc) is 2.68. The van der Waals surface area contributed by atoms with Crippen molar-refractivity contribution in [2.45, 2.75) is 36.9 Å². The molecule has 1 aliphatic rings. The van der Waals surface area contributed by atoms with Gasteiger partial charge in [0.1, 0.15) is 0 Å². The Hall–Kier alpha value is -1.92. The number of nitrogens with one attached hydrogen (secondary N) is 1. The van der Waals surface area contributed by atoms with Crippen LogP contribution in [0.25, 0.3) is 0 Å². The minimum absolute atomic E-state index is 0.0681. The van der Waals surface area contributed by atoms with Crippen molar-refractivity contribution in [2.75, 3.05) is 25.4 Å². The van der Waals surface area contributed by atoms with Crippen molar-refractivity contribution in [1.82, 2.24) is 20.2 Å². The lowest BCUT2D eigenvalue weighted by atomic mass is 10.0. The van der Waals surface area contributed by atoms with E-state index in [-0.39, 0.29) is 11.9 Å². The lowest BCUT2D eigenvalue weighted by molar-refractivity contribution is -0.119. The molecule has 1 fully saturated rings. The molecule has 0 spiro atoms. The Morgan fingerprint density at radius 2 is 2.00 bits per heavy atom. The number of carbonyl (C=O) groups is 1. The van der Waals surface area contributed by atoms with Gasteiger partial charge in [-0.05, 0) is 50.4 Å². The number of nitrogens with zero attached hydrogens (tertiary/aromatic N) is 3. The van der Waals surface area contributed by atoms with Crippen LogP contribution >= 0.6 is 11.8 Å². The molecule has 1 amide bonds. The summed E-state index contributed by atoms with van der Waals surface area (Å²) in [7, 11) is 0. The Labute approximate surface area is 159 Å². The number of hydrogen-bond donors (Lipinski definition) is 1. The van der Waals surface area contributed by atoms with Crippen LogP contribution in [0.1, 0.15) is 24.8 Å². The Morgan fingerprint density at radius 3 is 2.81 bits per heavy atom. The highest BCUT2D eigenvalue weighted by atomic mass is 32.2. The van der Waals surface area contributed by atoms with Gasteiger partial charge < -0.3 is 10.2 Å². The van der Waals surface area contributed by atoms with Crippen LogP contribution in [0, 0.1) is 0 Å². The van der Waals surface area contributed by atoms with E-state index in [0.717, 1.165) is 45.3 Å². The Kier molecular flexibility index (Phi) is 7.46. The van der Waals surface area contributed by atoms with Gasteiger partial charge in [-0.15, -0.1) is 0 Å². The Morgan fingerprint density at radius 1 is 1.19 bits per heavy atom. The molecule has 2 heterocycles. The first kappa shape index (κ1) is 18.9. The number of aryl methyl sites for hydroxylation is 1. The van der Waals surface area contributed by atoms with E-state index in [1.165, 1.54) is 17.3 Å². The van der Waals surface area contributed by atoms with E-state index < -0.39 is 0 Å². The molecule has 1 N–H and O–H groups in total. The molecule has 1 saturated heterocycles. The molecule has 1 aliphatic heterocycles. The summed E-state index contributed by atoms with van der Waals surface area (Å²) >= 11 is 1.38. The molecule has 0 radical (unpaired) electrons. The fourth-order valence-corrected chi connectivity index (χ4v) is 3.90. The molecule has 3 rings (SSSR count). The molecule has 26 heavy (non-hydrogen) atoms. The summed E-state index contributed by atoms with van der Waals surface area (Å²) in [5, 5.41) is 3.82. The number of piperidine rings is 1. The summed E-state index contributed by atoms with van der Waals surface area (Å²) < 4.78 is 0. The minimum Gasteiger partial charge on any atom is -0.351 e. The van der Waals surface area contributed by atoms with E-state index in [1.54, 1.807) is 18.5 Å². The van der Waals surface area contributed by atoms with Crippen molar-refractivity contribution >= 4 is 17.7 Å². The van der Waals surface area contributed by atoms with Crippen molar-refractivity contribution in [1.29, 1.82) is 0 Å². The number of carbonyl (C=O) groups excluding carboxylic acids is 1. The van der Waals surface area contributed by atoms with Crippen LogP contribution in [0.5, 0.6) is 0 Å². The number of rotatable bonds is 8. The summed E-state index contributed by atoms with van der Waals surface area (Å²) in [4.78, 5) is 22.9. The number of benzene rings is 1. The second-order valence-electron chi connectivity index (χ2n) is 6.62. The van der Waals surface area contributed by atoms with E-state index in [4.69, 9.17) is 0 Å². The van der Waals surface area contributed by atoms with Gasteiger partial charge in [-0.25, -0.2) is 9.97 Å². The number of aromatic nitrogens is 2. The molecule has 1 atom stereocenters. The van der Waals surface area contributed by atoms with Gasteiger partial charge in [-0.1, -0.05) is 42.1 Å². The largest absolute Gasteiger partial charge is 0.351 e. The van der Waals surface area contributed by atoms with Crippen LogP contribution in [-0.2, 0) is 11.2 Å². The average molecular weight is 371 g/mol. The van der Waals surface area contributed by atoms with Crippen LogP contribution in [-0.4, -0.2) is 52.2 Å². The zero-order chi connectivity index (χ0) is 18.0. The van der Waals surface area contributed by atoms with Gasteiger partial charge in [0.15, 0.2) is 5.16 Å². The van der Waals surface area contributed by atoms with Gasteiger partial charge in [0.05, 0.1) is 5.75 Å². The van der Waals surface area contributed by atoms with E-state index in [0.29, 0.717) is 10.9 Å². The third-order valence-electron chi connectivity index (χ3n) is 4.53. The Balaban J connectivity index is 1.35. The lowest BCUT2D eigenvalue weighted by Gasteiger charge is -2.33. The smallest absolute Gasteiger partial charge is 0.230 e. The van der Waals surface area contributed by atoms with Crippen molar-refractivity contribution < 1.29 is 4.79 Å². The molecule has 1 aromatic carbocycles. The lowest BCUT2D eigenvalue weighted by Crippen LogP contribution is -2.48. The van der Waals surface area contributed by atoms with Crippen molar-refractivity contribution in [3.8, 4) is 0 Å². The van der Waals surface area contributed by atoms with Gasteiger partial charge in [0.25, 0.3) is 0 Å². The number of thioether (sulfide) groups is 1. The van der Waals surface area contributed by atoms with Gasteiger partial charge in [0.2, 0.25) is 5.91 Å². The highest BCUT2D eigenvalue weighted by molar-refractivity contribution is 7.99. The van der Waals surface area contributed by atoms with Crippen LogP contribution < -0.4 is 5.32 Å². The second-order valence-corrected chi connectivity index (χ2v) is 7.56. The zero-order valence-electron chi connectivity index (χ0n) is 15.0. The maximum atomic E-state index is 12.2. The maximum Gasteiger partial charge on any atom is 0.230 e. The predicted octanol–water partition coefficient (Wildman–Crippen LogP) is 2.78. The molecule has 1 aromatic heterocycles. The predicted molar refractivity (Wildman–Crippen MR) is 105 cm³/mol. The first-order valence-corrected chi connectivity index (χ1v) is 10.2. The van der Waals surface area contributed by atoms with E-state index in [1.807, 2.05) is 0 Å². The fraction of sp³-hybridized carbons (Fsp3) is 0.450. The van der Waals surface area contributed by atoms with Crippen molar-refractivity contribution in [3.63, 3.8) is 0 Å². The monoisotopic (exact) mass is 370 g/mol. The molecule has 5 nitrogen and oxygen atoms in total. The molecule has 0 bridgehead atoms. The standard InChI is InChI=1S/C20H26N4OS/c25-19(16-26-20-21-11-6-12-22-20)23-18-10-5-14-24(15-18)13-4-9-17-7-2-1-3-8-17/h1-3,6-8,11-12,18H,4-5,9-10,13-16H2,(H,23,25). The zero-order valence-corrected chi connectivity index (χ0v) is 15.8. The summed E-state index contributed by atoms with van der Waals surface area (Å²) in [6.07, 6.45) is 7.87. The summed E-state index contributed by atoms with van der Waals surface area (Å²) in [6.45, 7) is 3.18. The van der Waals surface area contributed by atoms with E-state index >= 15 is 0 Å². The normalized spacial score (nSPS) is 17.8. The second kappa shape index (κ2) is 10.3. The van der Waals surface area contributed by atoms with Crippen LogP contribution in [0.3, 0.4) is 0 Å². The van der Waals surface area contributed by atoms with Crippen LogP contribution in [0.2, 0.25) is 0 Å². The first-order chi connectivity index (χ1) is 12.8. The number of hydrogen-bond acceptors (Lipinski definition) is 5. The van der Waals surface area contributed by atoms with Gasteiger partial charge in [0, 0.05) is 25.0 Å². The highest BCUT2D eigenvalue weighted by Crippen LogP contribution is 2.14. The van der Waals surface area contributed by atoms with Gasteiger partial charge in [-0.2, -0.15) is 0 Å². The number of likely N-dealkylation sites (tertiary alicyclic amines) is 1. The molecule has 2 aromatic rings. The summed E-state index contributed by atoms with van der Waals surface area (Å²) in [6, 6.07) is 12.7. The number of amides is 1. The van der Waals surface area contributed by atoms with Gasteiger partial charge in [-0.3, -0.25) is 4.79 Å². The van der Waals surface area contributed by atoms with Crippen LogP contribution in [0.15, 0.2) is 53.9 Å². The fourth-order valence-electron chi connectivity index (χ4n) is 3.29. The summed E-state index contributed by atoms with van der Waals surface area (Å²) in [5.74, 6) is 0.438. The van der Waals surface area contributed by atoms with E-state index in [2.05, 4.69) is 50.5 Å². The maximum absolute atomic E-state index is 12.2. The molecule has 0 saturated carbocycles. The Bertz CT molecular complexity index is 668. The summed E-state index contributed by atoms with van der Waals surface area (Å²) in [5.41, 5.74) is 1.40. The SMILES string of the molecule is O=C(CSc1ncccn1)NC1CCCN(CCCc2ccccc2)C1. The van der Waals surface area contributed by atoms with E-state index in [9.17, 15) is 4.79 Å². The minimum atomic E-state index is 0.0681. The molecule has 0 aliphatic carbocycles. The molecule has 1 unspecified atom stereocenters. The highest BCUT2D eigenvalue weighted by Gasteiger charge is 2.21. The van der Waals surface area contributed by atoms with Crippen LogP contribution in [0.4, 0.5) is 0 Å². The molecule has 6 heteroatoms. The molecule has 138 valence electrons. The molecular weight excluding hydrogens is 344 g/mol. The third kappa shape index (κ3) is 6.42.